The number of nitrogens with zero attached hydrogens (tertiary/aromatic N) is 3. The van der Waals surface area contributed by atoms with Crippen LogP contribution in [0.15, 0.2) is 6.20 Å². The zero-order chi connectivity index (χ0) is 16.3. The monoisotopic (exact) mass is 316 g/mol. The lowest BCUT2D eigenvalue weighted by molar-refractivity contribution is -0.140. The van der Waals surface area contributed by atoms with Crippen LogP contribution in [0.1, 0.15) is 24.2 Å². The van der Waals surface area contributed by atoms with Gasteiger partial charge in [-0.2, -0.15) is 13.2 Å². The molecule has 8 heteroatoms. The molecular formula is C14H19F3N4O. The van der Waals surface area contributed by atoms with Gasteiger partial charge in [0.05, 0.1) is 17.3 Å². The molecule has 1 aliphatic rings. The molecule has 1 aliphatic heterocycles. The van der Waals surface area contributed by atoms with Crippen LogP contribution < -0.4 is 10.2 Å². The molecule has 2 heterocycles. The van der Waals surface area contributed by atoms with Gasteiger partial charge in [-0.15, -0.1) is 0 Å². The molecule has 122 valence electrons. The molecule has 1 N–H and O–H groups in total. The summed E-state index contributed by atoms with van der Waals surface area (Å²) in [6.45, 7) is 3.46. The number of rotatable bonds is 3. The minimum Gasteiger partial charge on any atom is -0.354 e. The molecule has 0 saturated carbocycles. The first kappa shape index (κ1) is 16.5. The zero-order valence-corrected chi connectivity index (χ0v) is 12.6. The summed E-state index contributed by atoms with van der Waals surface area (Å²) >= 11 is 0. The molecule has 2 rings (SSSR count). The molecule has 1 unspecified atom stereocenters. The summed E-state index contributed by atoms with van der Waals surface area (Å²) in [5.74, 6) is -0.313. The Morgan fingerprint density at radius 3 is 2.86 bits per heavy atom. The van der Waals surface area contributed by atoms with E-state index in [1.54, 1.807) is 6.20 Å². The number of aromatic nitrogens is 2. The fourth-order valence-corrected chi connectivity index (χ4v) is 2.54. The van der Waals surface area contributed by atoms with Crippen LogP contribution >= 0.6 is 0 Å². The van der Waals surface area contributed by atoms with E-state index in [9.17, 15) is 18.0 Å². The molecule has 5 nitrogen and oxygen atoms in total. The molecule has 22 heavy (non-hydrogen) atoms. The Morgan fingerprint density at radius 2 is 2.18 bits per heavy atom. The normalized spacial score (nSPS) is 19.1. The maximum atomic E-state index is 12.2. The van der Waals surface area contributed by atoms with Gasteiger partial charge in [0, 0.05) is 19.3 Å². The number of aryl methyl sites for hydroxylation is 2. The van der Waals surface area contributed by atoms with Crippen LogP contribution in [0, 0.1) is 19.8 Å². The Bertz CT molecular complexity index is 547. The highest BCUT2D eigenvalue weighted by Gasteiger charge is 2.32. The zero-order valence-electron chi connectivity index (χ0n) is 12.6. The number of amides is 1. The number of hydrogen-bond donors (Lipinski definition) is 1. The fraction of sp³-hybridized carbons (Fsp3) is 0.643. The third-order valence-electron chi connectivity index (χ3n) is 3.61. The van der Waals surface area contributed by atoms with Gasteiger partial charge in [-0.25, -0.2) is 4.98 Å². The smallest absolute Gasteiger partial charge is 0.354 e. The van der Waals surface area contributed by atoms with E-state index in [1.807, 2.05) is 24.1 Å². The lowest BCUT2D eigenvalue weighted by Gasteiger charge is -2.33. The molecule has 0 aliphatic carbocycles. The molecule has 0 bridgehead atoms. The summed E-state index contributed by atoms with van der Waals surface area (Å²) in [6.07, 6.45) is -1.41. The minimum absolute atomic E-state index is 0.364. The number of anilines is 1. The van der Waals surface area contributed by atoms with Gasteiger partial charge in [0.1, 0.15) is 12.4 Å². The lowest BCUT2D eigenvalue weighted by atomic mass is 9.97. The SMILES string of the molecule is Cc1cnc(C)c(N2CCCC(C(=O)NCC(F)(F)F)C2)n1. The highest BCUT2D eigenvalue weighted by atomic mass is 19.4. The first-order valence-electron chi connectivity index (χ1n) is 7.16. The van der Waals surface area contributed by atoms with Crippen molar-refractivity contribution in [2.45, 2.75) is 32.9 Å². The maximum absolute atomic E-state index is 12.2. The molecule has 1 fully saturated rings. The first-order chi connectivity index (χ1) is 10.3. The number of carbonyl (C=O) groups excluding carboxylic acids is 1. The summed E-state index contributed by atoms with van der Waals surface area (Å²) in [6, 6.07) is 0. The average Bonchev–Trinajstić information content (AvgIpc) is 2.46. The molecule has 1 atom stereocenters. The first-order valence-corrected chi connectivity index (χ1v) is 7.16. The van der Waals surface area contributed by atoms with Crippen molar-refractivity contribution in [3.05, 3.63) is 17.6 Å². The Kier molecular flexibility index (Phi) is 4.87. The highest BCUT2D eigenvalue weighted by molar-refractivity contribution is 5.79. The second-order valence-corrected chi connectivity index (χ2v) is 5.54. The van der Waals surface area contributed by atoms with Gasteiger partial charge in [-0.3, -0.25) is 9.78 Å². The van der Waals surface area contributed by atoms with E-state index in [4.69, 9.17) is 0 Å². The molecule has 1 saturated heterocycles. The molecular weight excluding hydrogens is 297 g/mol. The fourth-order valence-electron chi connectivity index (χ4n) is 2.54. The van der Waals surface area contributed by atoms with Crippen LogP contribution in [0.3, 0.4) is 0 Å². The predicted octanol–water partition coefficient (Wildman–Crippen LogP) is 1.99. The largest absolute Gasteiger partial charge is 0.405 e. The number of hydrogen-bond acceptors (Lipinski definition) is 4. The predicted molar refractivity (Wildman–Crippen MR) is 75.5 cm³/mol. The second-order valence-electron chi connectivity index (χ2n) is 5.54. The van der Waals surface area contributed by atoms with Gasteiger partial charge in [0.15, 0.2) is 0 Å². The van der Waals surface area contributed by atoms with Crippen molar-refractivity contribution in [1.82, 2.24) is 15.3 Å². The van der Waals surface area contributed by atoms with Gasteiger partial charge < -0.3 is 10.2 Å². The minimum atomic E-state index is -4.39. The van der Waals surface area contributed by atoms with Crippen molar-refractivity contribution in [2.24, 2.45) is 5.92 Å². The standard InChI is InChI=1S/C14H19F3N4O/c1-9-6-18-10(2)12(20-9)21-5-3-4-11(7-21)13(22)19-8-14(15,16)17/h6,11H,3-5,7-8H2,1-2H3,(H,19,22). The number of alkyl halides is 3. The lowest BCUT2D eigenvalue weighted by Crippen LogP contribution is -2.45. The van der Waals surface area contributed by atoms with E-state index in [2.05, 4.69) is 9.97 Å². The van der Waals surface area contributed by atoms with E-state index in [1.165, 1.54) is 0 Å². The van der Waals surface area contributed by atoms with Crippen molar-refractivity contribution in [3.63, 3.8) is 0 Å². The van der Waals surface area contributed by atoms with Crippen molar-refractivity contribution in [3.8, 4) is 0 Å². The second kappa shape index (κ2) is 6.50. The van der Waals surface area contributed by atoms with Gasteiger partial charge in [0.25, 0.3) is 0 Å². The van der Waals surface area contributed by atoms with Crippen LogP contribution in [0.25, 0.3) is 0 Å². The van der Waals surface area contributed by atoms with E-state index >= 15 is 0 Å². The topological polar surface area (TPSA) is 58.1 Å². The Labute approximate surface area is 126 Å². The Hall–Kier alpha value is -1.86. The molecule has 0 radical (unpaired) electrons. The molecule has 0 spiro atoms. The van der Waals surface area contributed by atoms with E-state index in [0.29, 0.717) is 18.8 Å². The van der Waals surface area contributed by atoms with Crippen LogP contribution in [-0.2, 0) is 4.79 Å². The molecule has 0 aromatic carbocycles. The van der Waals surface area contributed by atoms with Crippen LogP contribution in [-0.4, -0.2) is 41.7 Å². The Balaban J connectivity index is 2.02. The molecule has 1 aromatic rings. The maximum Gasteiger partial charge on any atom is 0.405 e. The third kappa shape index (κ3) is 4.32. The average molecular weight is 316 g/mol. The Morgan fingerprint density at radius 1 is 1.45 bits per heavy atom. The van der Waals surface area contributed by atoms with Gasteiger partial charge in [-0.1, -0.05) is 0 Å². The summed E-state index contributed by atoms with van der Waals surface area (Å²) in [4.78, 5) is 22.5. The van der Waals surface area contributed by atoms with Crippen molar-refractivity contribution >= 4 is 11.7 Å². The highest BCUT2D eigenvalue weighted by Crippen LogP contribution is 2.24. The van der Waals surface area contributed by atoms with Gasteiger partial charge in [0.2, 0.25) is 5.91 Å². The van der Waals surface area contributed by atoms with Crippen molar-refractivity contribution in [2.75, 3.05) is 24.5 Å². The molecule has 1 aromatic heterocycles. The number of piperidine rings is 1. The summed E-state index contributed by atoms with van der Waals surface area (Å²) in [5.41, 5.74) is 1.52. The summed E-state index contributed by atoms with van der Waals surface area (Å²) in [5, 5.41) is 1.96. The number of halogens is 3. The van der Waals surface area contributed by atoms with E-state index in [-0.39, 0.29) is 0 Å². The van der Waals surface area contributed by atoms with Crippen molar-refractivity contribution in [1.29, 1.82) is 0 Å². The van der Waals surface area contributed by atoms with Gasteiger partial charge in [-0.05, 0) is 26.7 Å². The van der Waals surface area contributed by atoms with Gasteiger partial charge >= 0.3 is 6.18 Å². The van der Waals surface area contributed by atoms with Crippen molar-refractivity contribution < 1.29 is 18.0 Å². The number of carbonyl (C=O) groups is 1. The van der Waals surface area contributed by atoms with Crippen LogP contribution in [0.2, 0.25) is 0 Å². The van der Waals surface area contributed by atoms with E-state index in [0.717, 1.165) is 24.4 Å². The molecule has 1 amide bonds. The summed E-state index contributed by atoms with van der Waals surface area (Å²) < 4.78 is 36.5. The third-order valence-corrected chi connectivity index (χ3v) is 3.61. The quantitative estimate of drug-likeness (QED) is 0.926. The van der Waals surface area contributed by atoms with E-state index < -0.39 is 24.5 Å². The number of nitrogens with one attached hydrogen (secondary N) is 1. The van der Waals surface area contributed by atoms with Crippen LogP contribution in [0.5, 0.6) is 0 Å². The van der Waals surface area contributed by atoms with Crippen LogP contribution in [0.4, 0.5) is 19.0 Å². The summed E-state index contributed by atoms with van der Waals surface area (Å²) in [7, 11) is 0.